The van der Waals surface area contributed by atoms with Gasteiger partial charge in [-0.15, -0.1) is 0 Å². The maximum atomic E-state index is 5.65. The van der Waals surface area contributed by atoms with Crippen LogP contribution in [0, 0.1) is 5.92 Å². The van der Waals surface area contributed by atoms with Gasteiger partial charge in [0.1, 0.15) is 0 Å². The van der Waals surface area contributed by atoms with Crippen LogP contribution in [-0.4, -0.2) is 38.8 Å². The third-order valence-electron chi connectivity index (χ3n) is 2.69. The molecule has 2 fully saturated rings. The van der Waals surface area contributed by atoms with Crippen molar-refractivity contribution >= 4 is 0 Å². The number of hydrogen-bond acceptors (Lipinski definition) is 4. The van der Waals surface area contributed by atoms with Crippen LogP contribution in [0.2, 0.25) is 0 Å². The molecule has 0 bridgehead atoms. The Bertz CT molecular complexity index is 159. The third kappa shape index (κ3) is 2.20. The van der Waals surface area contributed by atoms with Gasteiger partial charge in [0.05, 0.1) is 12.7 Å². The highest BCUT2D eigenvalue weighted by Gasteiger charge is 2.32. The molecule has 76 valence electrons. The Morgan fingerprint density at radius 2 is 2.00 bits per heavy atom. The predicted molar refractivity (Wildman–Crippen MR) is 47.2 cm³/mol. The zero-order chi connectivity index (χ0) is 9.10. The van der Waals surface area contributed by atoms with Crippen molar-refractivity contribution in [3.05, 3.63) is 0 Å². The van der Waals surface area contributed by atoms with Crippen LogP contribution in [0.5, 0.6) is 0 Å². The molecule has 2 rings (SSSR count). The number of nitrogens with two attached hydrogens (primary N) is 1. The van der Waals surface area contributed by atoms with E-state index in [0.717, 1.165) is 26.1 Å². The lowest BCUT2D eigenvalue weighted by molar-refractivity contribution is -0.119. The lowest BCUT2D eigenvalue weighted by atomic mass is 10.00. The second-order valence-corrected chi connectivity index (χ2v) is 3.65. The van der Waals surface area contributed by atoms with Crippen molar-refractivity contribution in [2.24, 2.45) is 11.7 Å². The van der Waals surface area contributed by atoms with Crippen molar-refractivity contribution in [2.45, 2.75) is 25.2 Å². The first kappa shape index (κ1) is 9.40. The van der Waals surface area contributed by atoms with E-state index in [2.05, 4.69) is 0 Å². The summed E-state index contributed by atoms with van der Waals surface area (Å²) in [7, 11) is 0. The summed E-state index contributed by atoms with van der Waals surface area (Å²) in [5.74, 6) is 0.505. The number of rotatable bonds is 2. The average Bonchev–Trinajstić information content (AvgIpc) is 2.67. The Kier molecular flexibility index (Phi) is 3.16. The minimum absolute atomic E-state index is 0.0301. The van der Waals surface area contributed by atoms with E-state index < -0.39 is 0 Å². The summed E-state index contributed by atoms with van der Waals surface area (Å²) in [6.45, 7) is 2.88. The molecule has 0 aromatic carbocycles. The molecule has 2 atom stereocenters. The quantitative estimate of drug-likeness (QED) is 0.667. The highest BCUT2D eigenvalue weighted by molar-refractivity contribution is 4.74. The lowest BCUT2D eigenvalue weighted by Crippen LogP contribution is -2.29. The van der Waals surface area contributed by atoms with Gasteiger partial charge in [0.2, 0.25) is 0 Å². The van der Waals surface area contributed by atoms with Crippen LogP contribution in [-0.2, 0) is 14.2 Å². The van der Waals surface area contributed by atoms with Crippen LogP contribution in [0.1, 0.15) is 12.8 Å². The molecule has 0 aliphatic carbocycles. The monoisotopic (exact) mass is 187 g/mol. The molecule has 0 radical (unpaired) electrons. The van der Waals surface area contributed by atoms with Gasteiger partial charge in [-0.2, -0.15) is 0 Å². The predicted octanol–water partition coefficient (Wildman–Crippen LogP) is 0.113. The summed E-state index contributed by atoms with van der Waals surface area (Å²) in [4.78, 5) is 0. The Morgan fingerprint density at radius 1 is 1.23 bits per heavy atom. The molecule has 2 N–H and O–H groups in total. The third-order valence-corrected chi connectivity index (χ3v) is 2.69. The molecule has 4 nitrogen and oxygen atoms in total. The maximum Gasteiger partial charge on any atom is 0.161 e. The summed E-state index contributed by atoms with van der Waals surface area (Å²) >= 11 is 0. The van der Waals surface area contributed by atoms with E-state index in [1.54, 1.807) is 0 Å². The molecular weight excluding hydrogens is 170 g/mol. The standard InChI is InChI=1S/C9H17NO3/c10-5-8-6-12-9(13-8)7-1-3-11-4-2-7/h7-9H,1-6,10H2. The van der Waals surface area contributed by atoms with Gasteiger partial charge in [0.25, 0.3) is 0 Å². The Balaban J connectivity index is 1.80. The zero-order valence-electron chi connectivity index (χ0n) is 7.78. The molecule has 2 unspecified atom stereocenters. The molecule has 0 saturated carbocycles. The smallest absolute Gasteiger partial charge is 0.161 e. The Labute approximate surface area is 78.3 Å². The van der Waals surface area contributed by atoms with Crippen molar-refractivity contribution in [3.8, 4) is 0 Å². The molecule has 2 saturated heterocycles. The second kappa shape index (κ2) is 4.37. The van der Waals surface area contributed by atoms with Gasteiger partial charge in [-0.3, -0.25) is 0 Å². The Hall–Kier alpha value is -0.160. The SMILES string of the molecule is NCC1COC(C2CCOCC2)O1. The highest BCUT2D eigenvalue weighted by atomic mass is 16.7. The van der Waals surface area contributed by atoms with Gasteiger partial charge in [-0.1, -0.05) is 0 Å². The summed E-state index contributed by atoms with van der Waals surface area (Å²) < 4.78 is 16.5. The molecule has 0 spiro atoms. The first-order valence-corrected chi connectivity index (χ1v) is 4.95. The molecule has 13 heavy (non-hydrogen) atoms. The summed E-state index contributed by atoms with van der Waals surface area (Å²) in [6, 6.07) is 0. The molecule has 2 aliphatic heterocycles. The van der Waals surface area contributed by atoms with Gasteiger partial charge < -0.3 is 19.9 Å². The van der Waals surface area contributed by atoms with Crippen molar-refractivity contribution in [1.29, 1.82) is 0 Å². The number of hydrogen-bond donors (Lipinski definition) is 1. The van der Waals surface area contributed by atoms with Gasteiger partial charge in [-0.05, 0) is 12.8 Å². The van der Waals surface area contributed by atoms with Crippen molar-refractivity contribution in [3.63, 3.8) is 0 Å². The molecule has 0 aromatic rings. The van der Waals surface area contributed by atoms with E-state index in [9.17, 15) is 0 Å². The zero-order valence-corrected chi connectivity index (χ0v) is 7.78. The second-order valence-electron chi connectivity index (χ2n) is 3.65. The van der Waals surface area contributed by atoms with Gasteiger partial charge in [0.15, 0.2) is 6.29 Å². The van der Waals surface area contributed by atoms with Crippen LogP contribution in [0.25, 0.3) is 0 Å². The van der Waals surface area contributed by atoms with Crippen molar-refractivity contribution < 1.29 is 14.2 Å². The molecular formula is C9H17NO3. The molecule has 2 heterocycles. The normalized spacial score (nSPS) is 36.7. The van der Waals surface area contributed by atoms with Crippen molar-refractivity contribution in [1.82, 2.24) is 0 Å². The Morgan fingerprint density at radius 3 is 2.62 bits per heavy atom. The fourth-order valence-corrected chi connectivity index (χ4v) is 1.83. The van der Waals surface area contributed by atoms with E-state index in [1.165, 1.54) is 0 Å². The van der Waals surface area contributed by atoms with Crippen LogP contribution in [0.15, 0.2) is 0 Å². The lowest BCUT2D eigenvalue weighted by Gasteiger charge is -2.26. The summed E-state index contributed by atoms with van der Waals surface area (Å²) in [6.07, 6.45) is 2.16. The summed E-state index contributed by atoms with van der Waals surface area (Å²) in [5.41, 5.74) is 5.50. The highest BCUT2D eigenvalue weighted by Crippen LogP contribution is 2.26. The first-order chi connectivity index (χ1) is 6.40. The van der Waals surface area contributed by atoms with Gasteiger partial charge in [0, 0.05) is 25.7 Å². The molecule has 0 aromatic heterocycles. The average molecular weight is 187 g/mol. The van der Waals surface area contributed by atoms with Crippen LogP contribution >= 0.6 is 0 Å². The van der Waals surface area contributed by atoms with Crippen molar-refractivity contribution in [2.75, 3.05) is 26.4 Å². The molecule has 2 aliphatic rings. The van der Waals surface area contributed by atoms with E-state index in [0.29, 0.717) is 19.1 Å². The van der Waals surface area contributed by atoms with Crippen LogP contribution in [0.3, 0.4) is 0 Å². The maximum absolute atomic E-state index is 5.65. The van der Waals surface area contributed by atoms with Gasteiger partial charge in [-0.25, -0.2) is 0 Å². The fraction of sp³-hybridized carbons (Fsp3) is 1.00. The largest absolute Gasteiger partial charge is 0.381 e. The van der Waals surface area contributed by atoms with Crippen LogP contribution < -0.4 is 5.73 Å². The topological polar surface area (TPSA) is 53.7 Å². The summed E-state index contributed by atoms with van der Waals surface area (Å²) in [5, 5.41) is 0. The van der Waals surface area contributed by atoms with E-state index in [1.807, 2.05) is 0 Å². The van der Waals surface area contributed by atoms with Crippen LogP contribution in [0.4, 0.5) is 0 Å². The minimum Gasteiger partial charge on any atom is -0.381 e. The van der Waals surface area contributed by atoms with Gasteiger partial charge >= 0.3 is 0 Å². The first-order valence-electron chi connectivity index (χ1n) is 4.95. The number of ether oxygens (including phenoxy) is 3. The fourth-order valence-electron chi connectivity index (χ4n) is 1.83. The molecule has 4 heteroatoms. The van der Waals surface area contributed by atoms with E-state index in [-0.39, 0.29) is 12.4 Å². The van der Waals surface area contributed by atoms with E-state index in [4.69, 9.17) is 19.9 Å². The molecule has 0 amide bonds. The minimum atomic E-state index is -0.0301. The van der Waals surface area contributed by atoms with E-state index >= 15 is 0 Å².